The molecule has 1 aliphatic rings. The van der Waals surface area contributed by atoms with Gasteiger partial charge in [-0.25, -0.2) is 12.7 Å². The first kappa shape index (κ1) is 21.6. The number of aliphatic imine (C=N–C) groups is 1. The molecule has 1 fully saturated rings. The van der Waals surface area contributed by atoms with Gasteiger partial charge in [0.1, 0.15) is 0 Å². The predicted octanol–water partition coefficient (Wildman–Crippen LogP) is 0.391. The number of rotatable bonds is 8. The Kier molecular flexibility index (Phi) is 7.60. The third kappa shape index (κ3) is 5.41. The second kappa shape index (κ2) is 9.50. The van der Waals surface area contributed by atoms with E-state index in [1.807, 2.05) is 6.07 Å². The number of ether oxygens (including phenoxy) is 1. The molecule has 1 atom stereocenters. The van der Waals surface area contributed by atoms with Crippen molar-refractivity contribution in [2.24, 2.45) is 10.4 Å². The predicted molar refractivity (Wildman–Crippen MR) is 105 cm³/mol. The number of nitrogens with zero attached hydrogens (tertiary/aromatic N) is 2. The molecule has 1 aromatic rings. The Morgan fingerprint density at radius 3 is 2.67 bits per heavy atom. The van der Waals surface area contributed by atoms with Crippen LogP contribution in [0.5, 0.6) is 0 Å². The first-order valence-corrected chi connectivity index (χ1v) is 10.4. The Bertz CT molecular complexity index is 743. The minimum atomic E-state index is -3.52. The number of aliphatic hydroxyl groups excluding tert-OH is 1. The lowest BCUT2D eigenvalue weighted by atomic mass is 9.84. The van der Waals surface area contributed by atoms with E-state index in [-0.39, 0.29) is 16.9 Å². The molecular formula is C18H30N4O4S. The van der Waals surface area contributed by atoms with Crippen molar-refractivity contribution in [1.29, 1.82) is 0 Å². The summed E-state index contributed by atoms with van der Waals surface area (Å²) in [4.78, 5) is 4.49. The summed E-state index contributed by atoms with van der Waals surface area (Å²) >= 11 is 0. The topological polar surface area (TPSA) is 103 Å². The van der Waals surface area contributed by atoms with Crippen molar-refractivity contribution in [3.8, 4) is 0 Å². The molecule has 27 heavy (non-hydrogen) atoms. The average Bonchev–Trinajstić information content (AvgIpc) is 3.11. The highest BCUT2D eigenvalue weighted by atomic mass is 32.2. The molecule has 2 rings (SSSR count). The number of nitrogens with one attached hydrogen (secondary N) is 2. The van der Waals surface area contributed by atoms with Gasteiger partial charge in [-0.15, -0.1) is 0 Å². The van der Waals surface area contributed by atoms with Crippen LogP contribution in [0, 0.1) is 5.41 Å². The highest BCUT2D eigenvalue weighted by molar-refractivity contribution is 7.89. The lowest BCUT2D eigenvalue weighted by molar-refractivity contribution is 0.127. The van der Waals surface area contributed by atoms with Crippen LogP contribution in [0.25, 0.3) is 0 Å². The summed E-state index contributed by atoms with van der Waals surface area (Å²) < 4.78 is 31.7. The van der Waals surface area contributed by atoms with Gasteiger partial charge < -0.3 is 20.5 Å². The van der Waals surface area contributed by atoms with Gasteiger partial charge in [-0.2, -0.15) is 0 Å². The first-order valence-electron chi connectivity index (χ1n) is 8.98. The zero-order valence-electron chi connectivity index (χ0n) is 16.2. The van der Waals surface area contributed by atoms with Gasteiger partial charge in [0, 0.05) is 52.9 Å². The lowest BCUT2D eigenvalue weighted by Gasteiger charge is -2.27. The van der Waals surface area contributed by atoms with Gasteiger partial charge in [0.05, 0.1) is 11.5 Å². The van der Waals surface area contributed by atoms with Gasteiger partial charge in [-0.1, -0.05) is 18.2 Å². The van der Waals surface area contributed by atoms with Crippen LogP contribution in [0.3, 0.4) is 0 Å². The third-order valence-corrected chi connectivity index (χ3v) is 6.77. The standard InChI is InChI=1S/C18H30N4O4S/c1-19-17(21-13-18(8-10-23)9-11-26-14-18)20-12-15-6-4-5-7-16(15)27(24,25)22(2)3/h4-7,23H,8-14H2,1-3H3,(H2,19,20,21). The summed E-state index contributed by atoms with van der Waals surface area (Å²) in [6.45, 7) is 2.38. The van der Waals surface area contributed by atoms with Crippen molar-refractivity contribution in [3.05, 3.63) is 29.8 Å². The molecule has 0 aliphatic carbocycles. The third-order valence-electron chi connectivity index (χ3n) is 4.86. The van der Waals surface area contributed by atoms with Gasteiger partial charge in [0.25, 0.3) is 0 Å². The number of sulfonamides is 1. The van der Waals surface area contributed by atoms with E-state index >= 15 is 0 Å². The van der Waals surface area contributed by atoms with Crippen LogP contribution in [-0.2, 0) is 21.3 Å². The summed E-state index contributed by atoms with van der Waals surface area (Å²) in [6, 6.07) is 6.92. The van der Waals surface area contributed by atoms with Crippen molar-refractivity contribution in [2.75, 3.05) is 47.5 Å². The van der Waals surface area contributed by atoms with Crippen LogP contribution in [0.2, 0.25) is 0 Å². The highest BCUT2D eigenvalue weighted by Gasteiger charge is 2.34. The normalized spacial score (nSPS) is 20.9. The second-order valence-electron chi connectivity index (χ2n) is 6.95. The summed E-state index contributed by atoms with van der Waals surface area (Å²) in [5.41, 5.74) is 0.571. The molecule has 0 aromatic heterocycles. The van der Waals surface area contributed by atoms with Crippen LogP contribution >= 0.6 is 0 Å². The Morgan fingerprint density at radius 1 is 1.33 bits per heavy atom. The molecule has 1 unspecified atom stereocenters. The zero-order chi connectivity index (χ0) is 19.9. The summed E-state index contributed by atoms with van der Waals surface area (Å²) in [7, 11) is 1.19. The molecule has 0 amide bonds. The van der Waals surface area contributed by atoms with E-state index in [1.165, 1.54) is 18.4 Å². The van der Waals surface area contributed by atoms with Gasteiger partial charge >= 0.3 is 0 Å². The maximum absolute atomic E-state index is 12.5. The van der Waals surface area contributed by atoms with Crippen molar-refractivity contribution in [3.63, 3.8) is 0 Å². The number of aliphatic hydroxyl groups is 1. The molecule has 1 aliphatic heterocycles. The van der Waals surface area contributed by atoms with Gasteiger partial charge in [0.2, 0.25) is 10.0 Å². The highest BCUT2D eigenvalue weighted by Crippen LogP contribution is 2.31. The first-order chi connectivity index (χ1) is 12.8. The average molecular weight is 399 g/mol. The van der Waals surface area contributed by atoms with E-state index in [0.29, 0.717) is 44.2 Å². The van der Waals surface area contributed by atoms with E-state index in [1.54, 1.807) is 25.2 Å². The van der Waals surface area contributed by atoms with Gasteiger partial charge in [-0.05, 0) is 24.5 Å². The summed E-state index contributed by atoms with van der Waals surface area (Å²) in [5.74, 6) is 0.580. The van der Waals surface area contributed by atoms with Gasteiger partial charge in [0.15, 0.2) is 5.96 Å². The largest absolute Gasteiger partial charge is 0.396 e. The molecule has 152 valence electrons. The maximum Gasteiger partial charge on any atom is 0.242 e. The summed E-state index contributed by atoms with van der Waals surface area (Å²) in [6.07, 6.45) is 1.56. The molecule has 0 spiro atoms. The van der Waals surface area contributed by atoms with E-state index in [9.17, 15) is 13.5 Å². The van der Waals surface area contributed by atoms with Crippen molar-refractivity contribution in [1.82, 2.24) is 14.9 Å². The SMILES string of the molecule is CN=C(NCc1ccccc1S(=O)(=O)N(C)C)NCC1(CCO)CCOC1. The van der Waals surface area contributed by atoms with E-state index in [0.717, 1.165) is 6.42 Å². The molecule has 9 heteroatoms. The van der Waals surface area contributed by atoms with Crippen molar-refractivity contribution >= 4 is 16.0 Å². The van der Waals surface area contributed by atoms with E-state index < -0.39 is 10.0 Å². The number of guanidine groups is 1. The fraction of sp³-hybridized carbons (Fsp3) is 0.611. The monoisotopic (exact) mass is 398 g/mol. The fourth-order valence-corrected chi connectivity index (χ4v) is 4.20. The molecule has 8 nitrogen and oxygen atoms in total. The van der Waals surface area contributed by atoms with Crippen LogP contribution < -0.4 is 10.6 Å². The molecule has 1 heterocycles. The number of hydrogen-bond donors (Lipinski definition) is 3. The van der Waals surface area contributed by atoms with E-state index in [2.05, 4.69) is 15.6 Å². The zero-order valence-corrected chi connectivity index (χ0v) is 17.1. The summed E-state index contributed by atoms with van der Waals surface area (Å²) in [5, 5.41) is 15.8. The van der Waals surface area contributed by atoms with E-state index in [4.69, 9.17) is 4.74 Å². The Hall–Kier alpha value is -1.68. The molecular weight excluding hydrogens is 368 g/mol. The van der Waals surface area contributed by atoms with Crippen LogP contribution in [0.1, 0.15) is 18.4 Å². The van der Waals surface area contributed by atoms with Crippen LogP contribution in [-0.4, -0.2) is 71.3 Å². The molecule has 0 saturated carbocycles. The minimum Gasteiger partial charge on any atom is -0.396 e. The number of benzene rings is 1. The molecule has 1 saturated heterocycles. The second-order valence-corrected chi connectivity index (χ2v) is 9.07. The molecule has 0 radical (unpaired) electrons. The van der Waals surface area contributed by atoms with Crippen LogP contribution in [0.4, 0.5) is 0 Å². The molecule has 1 aromatic carbocycles. The maximum atomic E-state index is 12.5. The number of hydrogen-bond acceptors (Lipinski definition) is 5. The lowest BCUT2D eigenvalue weighted by Crippen LogP contribution is -2.44. The quantitative estimate of drug-likeness (QED) is 0.432. The smallest absolute Gasteiger partial charge is 0.242 e. The van der Waals surface area contributed by atoms with Crippen molar-refractivity contribution in [2.45, 2.75) is 24.3 Å². The minimum absolute atomic E-state index is 0.0987. The Labute approximate surface area is 161 Å². The fourth-order valence-electron chi connectivity index (χ4n) is 3.08. The molecule has 3 N–H and O–H groups in total. The van der Waals surface area contributed by atoms with Gasteiger partial charge in [-0.3, -0.25) is 4.99 Å². The Morgan fingerprint density at radius 2 is 2.07 bits per heavy atom. The van der Waals surface area contributed by atoms with Crippen molar-refractivity contribution < 1.29 is 18.3 Å². The van der Waals surface area contributed by atoms with Crippen LogP contribution in [0.15, 0.2) is 34.2 Å². The Balaban J connectivity index is 2.03. The molecule has 0 bridgehead atoms.